The molecule has 17 heteroatoms. The van der Waals surface area contributed by atoms with E-state index in [1.165, 1.54) is 11.2 Å². The number of hydrogen-bond acceptors (Lipinski definition) is 10. The van der Waals surface area contributed by atoms with E-state index in [4.69, 9.17) is 26.9 Å². The zero-order chi connectivity index (χ0) is 31.4. The minimum Gasteiger partial charge on any atom is -0.481 e. The Morgan fingerprint density at radius 3 is 1.93 bits per heavy atom. The highest BCUT2D eigenvalue weighted by molar-refractivity contribution is 7.81. The predicted octanol–water partition coefficient (Wildman–Crippen LogP) is 0.0427. The summed E-state index contributed by atoms with van der Waals surface area (Å²) >= 11 is 3.92. The third kappa shape index (κ3) is 19.9. The van der Waals surface area contributed by atoms with Crippen LogP contribution in [0.3, 0.4) is 0 Å². The zero-order valence-corrected chi connectivity index (χ0v) is 23.7. The van der Waals surface area contributed by atoms with E-state index in [9.17, 15) is 33.9 Å². The molecule has 0 saturated heterocycles. The van der Waals surface area contributed by atoms with Crippen LogP contribution >= 0.6 is 12.6 Å². The first-order valence-corrected chi connectivity index (χ1v) is 13.6. The van der Waals surface area contributed by atoms with E-state index in [0.717, 1.165) is 19.3 Å². The quantitative estimate of drug-likeness (QED) is 0.0319. The van der Waals surface area contributed by atoms with Crippen LogP contribution in [0.2, 0.25) is 0 Å². The molecule has 0 aliphatic carbocycles. The van der Waals surface area contributed by atoms with Crippen LogP contribution in [-0.2, 0) is 24.0 Å². The minimum absolute atomic E-state index is 0.0409. The fourth-order valence-electron chi connectivity index (χ4n) is 3.50. The molecule has 41 heavy (non-hydrogen) atoms. The number of allylic oxidation sites excluding steroid dienone is 1. The number of hydrogen-bond donors (Lipinski definition) is 10. The molecule has 0 aromatic carbocycles. The van der Waals surface area contributed by atoms with Crippen molar-refractivity contribution in [1.29, 1.82) is 0 Å². The lowest BCUT2D eigenvalue weighted by Crippen LogP contribution is -2.51. The SMILES string of the molecule is N/C(=C\N(N)CCCCCCC(=O)NCCCC[C@H](NC(=O)NC(CCC(=O)O)C(=O)O)C(=O)O)CC(S)C(=O)O. The van der Waals surface area contributed by atoms with Gasteiger partial charge in [-0.15, -0.1) is 0 Å². The monoisotopic (exact) mass is 606 g/mol. The molecule has 0 spiro atoms. The van der Waals surface area contributed by atoms with Gasteiger partial charge in [-0.3, -0.25) is 14.4 Å². The van der Waals surface area contributed by atoms with Gasteiger partial charge in [0.05, 0.1) is 0 Å². The number of carboxylic acid groups (broad SMARTS) is 4. The molecule has 0 radical (unpaired) electrons. The minimum atomic E-state index is -1.48. The number of carboxylic acids is 4. The number of carbonyl (C=O) groups is 6. The number of nitrogens with one attached hydrogen (secondary N) is 3. The van der Waals surface area contributed by atoms with Crippen LogP contribution in [0.25, 0.3) is 0 Å². The van der Waals surface area contributed by atoms with Gasteiger partial charge in [-0.1, -0.05) is 12.8 Å². The Labute approximate surface area is 243 Å². The molecule has 0 fully saturated rings. The predicted molar refractivity (Wildman–Crippen MR) is 150 cm³/mol. The topological polar surface area (TPSA) is 275 Å². The van der Waals surface area contributed by atoms with Crippen molar-refractivity contribution in [3.8, 4) is 0 Å². The van der Waals surface area contributed by atoms with E-state index in [2.05, 4.69) is 28.6 Å². The smallest absolute Gasteiger partial charge is 0.326 e. The van der Waals surface area contributed by atoms with E-state index in [1.54, 1.807) is 0 Å². The molecule has 0 saturated carbocycles. The average Bonchev–Trinajstić information content (AvgIpc) is 2.86. The Hall–Kier alpha value is -3.73. The molecule has 2 unspecified atom stereocenters. The molecule has 0 aromatic heterocycles. The third-order valence-electron chi connectivity index (χ3n) is 5.71. The van der Waals surface area contributed by atoms with Crippen LogP contribution in [0.15, 0.2) is 11.9 Å². The fraction of sp³-hybridized carbons (Fsp3) is 0.667. The molecule has 0 aromatic rings. The molecule has 0 bridgehead atoms. The Bertz CT molecular complexity index is 919. The van der Waals surface area contributed by atoms with Crippen LogP contribution in [0.1, 0.15) is 70.6 Å². The van der Waals surface area contributed by atoms with Gasteiger partial charge >= 0.3 is 29.9 Å². The summed E-state index contributed by atoms with van der Waals surface area (Å²) in [5, 5.41) is 43.4. The normalized spacial score (nSPS) is 13.4. The summed E-state index contributed by atoms with van der Waals surface area (Å²) in [7, 11) is 0. The first-order valence-electron chi connectivity index (χ1n) is 13.1. The van der Waals surface area contributed by atoms with Gasteiger partial charge in [-0.25, -0.2) is 20.2 Å². The van der Waals surface area contributed by atoms with Gasteiger partial charge in [0, 0.05) is 44.2 Å². The van der Waals surface area contributed by atoms with Gasteiger partial charge in [0.2, 0.25) is 5.91 Å². The highest BCUT2D eigenvalue weighted by atomic mass is 32.1. The van der Waals surface area contributed by atoms with Crippen LogP contribution in [0.4, 0.5) is 4.79 Å². The molecule has 11 N–H and O–H groups in total. The second-order valence-corrected chi connectivity index (χ2v) is 9.97. The van der Waals surface area contributed by atoms with Crippen LogP contribution in [0.5, 0.6) is 0 Å². The van der Waals surface area contributed by atoms with Crippen LogP contribution in [-0.4, -0.2) is 91.7 Å². The molecule has 0 aliphatic heterocycles. The van der Waals surface area contributed by atoms with Crippen molar-refractivity contribution in [3.05, 3.63) is 11.9 Å². The van der Waals surface area contributed by atoms with E-state index >= 15 is 0 Å². The Kier molecular flexibility index (Phi) is 19.2. The van der Waals surface area contributed by atoms with E-state index in [1.807, 2.05) is 0 Å². The van der Waals surface area contributed by atoms with Crippen molar-refractivity contribution < 1.29 is 49.2 Å². The number of hydrazine groups is 1. The number of rotatable bonds is 23. The first-order chi connectivity index (χ1) is 19.2. The highest BCUT2D eigenvalue weighted by Crippen LogP contribution is 2.08. The zero-order valence-electron chi connectivity index (χ0n) is 22.8. The van der Waals surface area contributed by atoms with Crippen LogP contribution in [0, 0.1) is 0 Å². The number of urea groups is 1. The lowest BCUT2D eigenvalue weighted by atomic mass is 10.1. The first kappa shape index (κ1) is 37.3. The maximum absolute atomic E-state index is 12.0. The summed E-state index contributed by atoms with van der Waals surface area (Å²) in [4.78, 5) is 68.0. The maximum atomic E-state index is 12.0. The lowest BCUT2D eigenvalue weighted by molar-refractivity contribution is -0.141. The summed E-state index contributed by atoms with van der Waals surface area (Å²) in [5.74, 6) is 0.624. The molecule has 3 amide bonds. The Morgan fingerprint density at radius 1 is 0.780 bits per heavy atom. The van der Waals surface area contributed by atoms with Crippen molar-refractivity contribution in [2.75, 3.05) is 13.1 Å². The summed E-state index contributed by atoms with van der Waals surface area (Å²) in [6, 6.07) is -3.81. The summed E-state index contributed by atoms with van der Waals surface area (Å²) < 4.78 is 0. The number of nitrogens with two attached hydrogens (primary N) is 2. The van der Waals surface area contributed by atoms with Gasteiger partial charge < -0.3 is 47.1 Å². The van der Waals surface area contributed by atoms with E-state index in [-0.39, 0.29) is 25.2 Å². The number of carbonyl (C=O) groups excluding carboxylic acids is 2. The Balaban J connectivity index is 4.11. The number of nitrogens with zero attached hydrogens (tertiary/aromatic N) is 1. The van der Waals surface area contributed by atoms with Crippen molar-refractivity contribution in [2.45, 2.75) is 88.0 Å². The molecule has 0 heterocycles. The van der Waals surface area contributed by atoms with Crippen molar-refractivity contribution in [2.24, 2.45) is 11.6 Å². The summed E-state index contributed by atoms with van der Waals surface area (Å²) in [6.07, 6.45) is 4.92. The molecule has 0 aliphatic rings. The molecule has 3 atom stereocenters. The van der Waals surface area contributed by atoms with Gasteiger partial charge in [-0.05, 0) is 38.5 Å². The number of thiol groups is 1. The van der Waals surface area contributed by atoms with Gasteiger partial charge in [-0.2, -0.15) is 12.6 Å². The third-order valence-corrected chi connectivity index (χ3v) is 6.11. The Morgan fingerprint density at radius 2 is 1.37 bits per heavy atom. The van der Waals surface area contributed by atoms with Gasteiger partial charge in [0.15, 0.2) is 0 Å². The van der Waals surface area contributed by atoms with Gasteiger partial charge in [0.1, 0.15) is 17.3 Å². The average molecular weight is 607 g/mol. The van der Waals surface area contributed by atoms with Crippen molar-refractivity contribution in [3.63, 3.8) is 0 Å². The molecular weight excluding hydrogens is 564 g/mol. The standard InChI is InChI=1S/C24H42N6O10S/c25-15(13-18(41)23(38)39)14-30(26)12-6-2-1-3-8-19(31)27-11-5-4-7-16(21(34)35)28-24(40)29-17(22(36)37)9-10-20(32)33/h14,16-18,41H,1-13,25-26H2,(H,27,31)(H,32,33)(H,34,35)(H,36,37)(H,38,39)(H2,28,29,40)/b15-14-/t16-,17?,18?/m0/s1. The molecule has 234 valence electrons. The maximum Gasteiger partial charge on any atom is 0.326 e. The number of unbranched alkanes of at least 4 members (excludes halogenated alkanes) is 4. The largest absolute Gasteiger partial charge is 0.481 e. The van der Waals surface area contributed by atoms with E-state index in [0.29, 0.717) is 44.5 Å². The summed E-state index contributed by atoms with van der Waals surface area (Å²) in [5.41, 5.74) is 6.06. The highest BCUT2D eigenvalue weighted by Gasteiger charge is 2.24. The summed E-state index contributed by atoms with van der Waals surface area (Å²) in [6.45, 7) is 0.828. The number of aliphatic carboxylic acids is 4. The lowest BCUT2D eigenvalue weighted by Gasteiger charge is -2.18. The molecule has 16 nitrogen and oxygen atoms in total. The van der Waals surface area contributed by atoms with Crippen molar-refractivity contribution >= 4 is 48.4 Å². The second-order valence-electron chi connectivity index (χ2n) is 9.34. The number of amides is 3. The second kappa shape index (κ2) is 21.1. The van der Waals surface area contributed by atoms with Crippen molar-refractivity contribution in [1.82, 2.24) is 21.0 Å². The van der Waals surface area contributed by atoms with E-state index < -0.39 is 53.7 Å². The molecule has 0 rings (SSSR count). The van der Waals surface area contributed by atoms with Gasteiger partial charge in [0.25, 0.3) is 0 Å². The molecular formula is C24H42N6O10S. The van der Waals surface area contributed by atoms with Crippen LogP contribution < -0.4 is 27.5 Å². The fourth-order valence-corrected chi connectivity index (χ4v) is 3.72.